The maximum Gasteiger partial charge on any atom is 0.201 e. The summed E-state index contributed by atoms with van der Waals surface area (Å²) in [5, 5.41) is 9.10. The molecule has 8 nitrogen and oxygen atoms in total. The summed E-state index contributed by atoms with van der Waals surface area (Å²) in [5.74, 6) is 2.36. The highest BCUT2D eigenvalue weighted by atomic mass is 16.5. The second-order valence-corrected chi connectivity index (χ2v) is 7.63. The quantitative estimate of drug-likeness (QED) is 0.366. The molecule has 0 spiro atoms. The number of methoxy groups -OCH3 is 1. The SMILES string of the molecule is CCCCCOc1c(/C=C/c2nc3cccnc3n2-c2cc(=O)c(C#N)c[nH]2)cccc1OC. The highest BCUT2D eigenvalue weighted by Crippen LogP contribution is 2.33. The Balaban J connectivity index is 1.77. The molecule has 172 valence electrons. The van der Waals surface area contributed by atoms with Crippen molar-refractivity contribution in [3.05, 3.63) is 76.0 Å². The van der Waals surface area contributed by atoms with E-state index in [1.54, 1.807) is 23.9 Å². The molecular formula is C26H25N5O3. The molecule has 0 fully saturated rings. The van der Waals surface area contributed by atoms with Gasteiger partial charge in [0.1, 0.15) is 28.8 Å². The predicted octanol–water partition coefficient (Wildman–Crippen LogP) is 4.73. The lowest BCUT2D eigenvalue weighted by Crippen LogP contribution is -2.10. The third-order valence-corrected chi connectivity index (χ3v) is 5.34. The molecule has 0 aliphatic heterocycles. The van der Waals surface area contributed by atoms with Crippen LogP contribution < -0.4 is 14.9 Å². The fourth-order valence-corrected chi connectivity index (χ4v) is 3.63. The molecule has 0 saturated heterocycles. The minimum absolute atomic E-state index is 0.0412. The number of benzene rings is 1. The van der Waals surface area contributed by atoms with Crippen molar-refractivity contribution in [1.82, 2.24) is 19.5 Å². The van der Waals surface area contributed by atoms with E-state index in [4.69, 9.17) is 14.7 Å². The van der Waals surface area contributed by atoms with Crippen molar-refractivity contribution in [2.75, 3.05) is 13.7 Å². The van der Waals surface area contributed by atoms with Gasteiger partial charge in [-0.3, -0.25) is 9.36 Å². The van der Waals surface area contributed by atoms with E-state index in [1.165, 1.54) is 12.3 Å². The Bertz CT molecular complexity index is 1430. The predicted molar refractivity (Wildman–Crippen MR) is 131 cm³/mol. The van der Waals surface area contributed by atoms with Gasteiger partial charge in [0.25, 0.3) is 0 Å². The van der Waals surface area contributed by atoms with Gasteiger partial charge in [0, 0.05) is 24.0 Å². The first-order valence-electron chi connectivity index (χ1n) is 11.1. The van der Waals surface area contributed by atoms with Gasteiger partial charge in [-0.05, 0) is 36.8 Å². The summed E-state index contributed by atoms with van der Waals surface area (Å²) >= 11 is 0. The Morgan fingerprint density at radius 2 is 2.09 bits per heavy atom. The molecule has 0 saturated carbocycles. The number of nitrogens with one attached hydrogen (secondary N) is 1. The van der Waals surface area contributed by atoms with Crippen molar-refractivity contribution in [1.29, 1.82) is 5.26 Å². The van der Waals surface area contributed by atoms with Crippen LogP contribution in [0.15, 0.2) is 53.6 Å². The number of hydrogen-bond acceptors (Lipinski definition) is 6. The van der Waals surface area contributed by atoms with E-state index in [2.05, 4.69) is 21.9 Å². The van der Waals surface area contributed by atoms with Crippen LogP contribution in [0, 0.1) is 11.3 Å². The first kappa shape index (κ1) is 22.8. The molecule has 4 aromatic rings. The number of fused-ring (bicyclic) bond motifs is 1. The number of aromatic nitrogens is 4. The van der Waals surface area contributed by atoms with Crippen LogP contribution in [0.5, 0.6) is 11.5 Å². The molecule has 0 amide bonds. The van der Waals surface area contributed by atoms with Crippen molar-refractivity contribution in [2.45, 2.75) is 26.2 Å². The third kappa shape index (κ3) is 4.69. The Hall–Kier alpha value is -4.38. The van der Waals surface area contributed by atoms with E-state index >= 15 is 0 Å². The van der Waals surface area contributed by atoms with Crippen LogP contribution in [0.25, 0.3) is 29.1 Å². The molecule has 0 bridgehead atoms. The number of para-hydroxylation sites is 1. The number of H-pyrrole nitrogens is 1. The zero-order valence-corrected chi connectivity index (χ0v) is 19.1. The van der Waals surface area contributed by atoms with Crippen LogP contribution in [0.4, 0.5) is 0 Å². The van der Waals surface area contributed by atoms with Crippen LogP contribution in [0.2, 0.25) is 0 Å². The van der Waals surface area contributed by atoms with Gasteiger partial charge in [0.15, 0.2) is 17.1 Å². The average Bonchev–Trinajstić information content (AvgIpc) is 3.24. The van der Waals surface area contributed by atoms with Gasteiger partial charge in [-0.1, -0.05) is 31.9 Å². The standard InChI is InChI=1S/C26H25N5O3/c1-3-4-5-14-34-25-18(8-6-10-22(25)33-2)11-12-23-30-20-9-7-13-28-26(20)31(23)24-15-21(32)19(16-27)17-29-24/h6-13,15,17H,3-5,14H2,1-2H3,(H,29,32)/b12-11+. The van der Waals surface area contributed by atoms with Gasteiger partial charge in [-0.2, -0.15) is 5.26 Å². The Kier molecular flexibility index (Phi) is 7.04. The normalized spacial score (nSPS) is 11.1. The highest BCUT2D eigenvalue weighted by molar-refractivity contribution is 5.80. The number of unbranched alkanes of at least 4 members (excludes halogenated alkanes) is 2. The number of hydrogen-bond donors (Lipinski definition) is 1. The lowest BCUT2D eigenvalue weighted by molar-refractivity contribution is 0.285. The van der Waals surface area contributed by atoms with Crippen LogP contribution in [0.3, 0.4) is 0 Å². The van der Waals surface area contributed by atoms with Gasteiger partial charge in [0.05, 0.1) is 13.7 Å². The summed E-state index contributed by atoms with van der Waals surface area (Å²) in [7, 11) is 1.62. The second-order valence-electron chi connectivity index (χ2n) is 7.63. The molecule has 0 unspecified atom stereocenters. The largest absolute Gasteiger partial charge is 0.493 e. The maximum atomic E-state index is 12.3. The molecule has 0 aliphatic rings. The molecule has 0 atom stereocenters. The van der Waals surface area contributed by atoms with Crippen molar-refractivity contribution in [2.24, 2.45) is 0 Å². The lowest BCUT2D eigenvalue weighted by Gasteiger charge is -2.13. The first-order chi connectivity index (χ1) is 16.7. The van der Waals surface area contributed by atoms with Crippen molar-refractivity contribution in [3.63, 3.8) is 0 Å². The van der Waals surface area contributed by atoms with Gasteiger partial charge in [-0.15, -0.1) is 0 Å². The van der Waals surface area contributed by atoms with E-state index in [1.807, 2.05) is 42.5 Å². The Morgan fingerprint density at radius 3 is 2.85 bits per heavy atom. The highest BCUT2D eigenvalue weighted by Gasteiger charge is 2.14. The first-order valence-corrected chi connectivity index (χ1v) is 11.1. The van der Waals surface area contributed by atoms with Crippen LogP contribution in [-0.4, -0.2) is 33.2 Å². The monoisotopic (exact) mass is 455 g/mol. The number of nitrogens with zero attached hydrogens (tertiary/aromatic N) is 4. The molecule has 0 aliphatic carbocycles. The van der Waals surface area contributed by atoms with Gasteiger partial charge >= 0.3 is 0 Å². The number of aromatic amines is 1. The smallest absolute Gasteiger partial charge is 0.201 e. The summed E-state index contributed by atoms with van der Waals surface area (Å²) < 4.78 is 13.3. The van der Waals surface area contributed by atoms with Crippen molar-refractivity contribution in [3.8, 4) is 23.4 Å². The van der Waals surface area contributed by atoms with E-state index in [0.717, 1.165) is 24.8 Å². The van der Waals surface area contributed by atoms with Crippen molar-refractivity contribution >= 4 is 23.3 Å². The van der Waals surface area contributed by atoms with Crippen LogP contribution in [-0.2, 0) is 0 Å². The molecule has 0 radical (unpaired) electrons. The van der Waals surface area contributed by atoms with Crippen LogP contribution >= 0.6 is 0 Å². The molecule has 3 aromatic heterocycles. The summed E-state index contributed by atoms with van der Waals surface area (Å²) in [6.07, 6.45) is 9.97. The number of pyridine rings is 2. The topological polar surface area (TPSA) is 106 Å². The number of nitriles is 1. The Labute approximate surface area is 197 Å². The van der Waals surface area contributed by atoms with Crippen LogP contribution in [0.1, 0.15) is 43.1 Å². The maximum absolute atomic E-state index is 12.3. The van der Waals surface area contributed by atoms with E-state index < -0.39 is 0 Å². The molecule has 1 aromatic carbocycles. The van der Waals surface area contributed by atoms with Gasteiger partial charge in [0.2, 0.25) is 5.43 Å². The van der Waals surface area contributed by atoms with E-state index in [0.29, 0.717) is 40.9 Å². The average molecular weight is 456 g/mol. The number of imidazole rings is 1. The van der Waals surface area contributed by atoms with Gasteiger partial charge < -0.3 is 14.5 Å². The molecule has 3 heterocycles. The van der Waals surface area contributed by atoms with E-state index in [9.17, 15) is 4.79 Å². The Morgan fingerprint density at radius 1 is 1.21 bits per heavy atom. The fourth-order valence-electron chi connectivity index (χ4n) is 3.63. The minimum atomic E-state index is -0.375. The molecule has 34 heavy (non-hydrogen) atoms. The molecule has 8 heteroatoms. The molecule has 1 N–H and O–H groups in total. The van der Waals surface area contributed by atoms with Crippen molar-refractivity contribution < 1.29 is 9.47 Å². The molecular weight excluding hydrogens is 430 g/mol. The zero-order chi connectivity index (χ0) is 23.9. The number of rotatable bonds is 9. The number of ether oxygens (including phenoxy) is 2. The summed E-state index contributed by atoms with van der Waals surface area (Å²) in [6, 6.07) is 12.6. The van der Waals surface area contributed by atoms with Gasteiger partial charge in [-0.25, -0.2) is 9.97 Å². The minimum Gasteiger partial charge on any atom is -0.493 e. The second kappa shape index (κ2) is 10.5. The summed E-state index contributed by atoms with van der Waals surface area (Å²) in [5.41, 5.74) is 1.77. The lowest BCUT2D eigenvalue weighted by atomic mass is 10.1. The fraction of sp³-hybridized carbons (Fsp3) is 0.231. The summed E-state index contributed by atoms with van der Waals surface area (Å²) in [6.45, 7) is 2.75. The van der Waals surface area contributed by atoms with E-state index in [-0.39, 0.29) is 11.0 Å². The molecule has 4 rings (SSSR count). The zero-order valence-electron chi connectivity index (χ0n) is 19.1. The summed E-state index contributed by atoms with van der Waals surface area (Å²) in [4.78, 5) is 24.5. The third-order valence-electron chi connectivity index (χ3n) is 5.34.